The van der Waals surface area contributed by atoms with Crippen LogP contribution >= 0.6 is 11.3 Å². The number of sulfonamides is 1. The summed E-state index contributed by atoms with van der Waals surface area (Å²) in [5, 5.41) is 0.615. The molecule has 40 heavy (non-hydrogen) atoms. The van der Waals surface area contributed by atoms with Crippen molar-refractivity contribution < 1.29 is 22.7 Å². The molecule has 9 nitrogen and oxygen atoms in total. The Morgan fingerprint density at radius 2 is 1.80 bits per heavy atom. The van der Waals surface area contributed by atoms with Crippen LogP contribution in [0.15, 0.2) is 47.4 Å². The smallest absolute Gasteiger partial charge is 0.260 e. The van der Waals surface area contributed by atoms with Gasteiger partial charge in [0.25, 0.3) is 5.91 Å². The minimum Gasteiger partial charge on any atom is -0.494 e. The lowest BCUT2D eigenvalue weighted by atomic mass is 10.2. The van der Waals surface area contributed by atoms with Crippen LogP contribution in [0.4, 0.5) is 5.13 Å². The molecule has 1 fully saturated rings. The number of unbranched alkanes of at least 4 members (excludes halogenated alkanes) is 1. The molecule has 0 unspecified atom stereocenters. The maximum atomic E-state index is 13.8. The Bertz CT molecular complexity index is 1350. The number of carbonyl (C=O) groups excluding carboxylic acids is 1. The third-order valence-electron chi connectivity index (χ3n) is 6.95. The average molecular weight is 589 g/mol. The van der Waals surface area contributed by atoms with E-state index >= 15 is 0 Å². The topological polar surface area (TPSA) is 92.3 Å². The van der Waals surface area contributed by atoms with Crippen LogP contribution in [0.3, 0.4) is 0 Å². The van der Waals surface area contributed by atoms with Gasteiger partial charge in [-0.05, 0) is 62.2 Å². The lowest BCUT2D eigenvalue weighted by Gasteiger charge is -2.27. The van der Waals surface area contributed by atoms with Gasteiger partial charge in [-0.1, -0.05) is 31.6 Å². The second-order valence-electron chi connectivity index (χ2n) is 9.70. The summed E-state index contributed by atoms with van der Waals surface area (Å²) < 4.78 is 39.9. The zero-order valence-electron chi connectivity index (χ0n) is 23.7. The van der Waals surface area contributed by atoms with E-state index in [0.717, 1.165) is 68.1 Å². The Hall–Kier alpha value is -2.57. The summed E-state index contributed by atoms with van der Waals surface area (Å²) in [7, 11) is -3.62. The van der Waals surface area contributed by atoms with E-state index in [1.807, 2.05) is 39.0 Å². The van der Waals surface area contributed by atoms with E-state index in [1.165, 1.54) is 27.8 Å². The number of nitrogens with zero attached hydrogens (tertiary/aromatic N) is 4. The standard InChI is InChI=1S/C29H40N4O5S2/c1-4-7-16-32(5-2)40(35,36)25-12-9-23(10-13-25)28(34)33(17-8-15-31-18-20-37-21-19-31)29-30-26-14-11-24(38-6-3)22-27(26)39-29/h9-14,22H,4-8,15-21H2,1-3H3. The molecule has 0 spiro atoms. The first-order valence-electron chi connectivity index (χ1n) is 14.1. The molecule has 0 saturated carbocycles. The van der Waals surface area contributed by atoms with Gasteiger partial charge in [-0.2, -0.15) is 4.31 Å². The average Bonchev–Trinajstić information content (AvgIpc) is 3.39. The van der Waals surface area contributed by atoms with Crippen molar-refractivity contribution in [3.05, 3.63) is 48.0 Å². The zero-order valence-corrected chi connectivity index (χ0v) is 25.3. The Balaban J connectivity index is 1.57. The lowest BCUT2D eigenvalue weighted by molar-refractivity contribution is 0.0376. The Kier molecular flexibility index (Phi) is 10.9. The number of anilines is 1. The third kappa shape index (κ3) is 7.38. The number of morpholine rings is 1. The van der Waals surface area contributed by atoms with Gasteiger partial charge in [0.2, 0.25) is 10.0 Å². The molecular formula is C29H40N4O5S2. The maximum absolute atomic E-state index is 13.8. The van der Waals surface area contributed by atoms with E-state index in [1.54, 1.807) is 17.0 Å². The molecule has 3 aromatic rings. The predicted octanol–water partition coefficient (Wildman–Crippen LogP) is 4.87. The van der Waals surface area contributed by atoms with Crippen LogP contribution in [0.2, 0.25) is 0 Å². The van der Waals surface area contributed by atoms with E-state index in [2.05, 4.69) is 4.90 Å². The van der Waals surface area contributed by atoms with Crippen LogP contribution in [-0.4, -0.2) is 87.6 Å². The summed E-state index contributed by atoms with van der Waals surface area (Å²) >= 11 is 1.45. The SMILES string of the molecule is CCCCN(CC)S(=O)(=O)c1ccc(C(=O)N(CCCN2CCOCC2)c2nc3ccc(OCC)cc3s2)cc1. The van der Waals surface area contributed by atoms with Crippen molar-refractivity contribution in [1.29, 1.82) is 0 Å². The second-order valence-corrected chi connectivity index (χ2v) is 12.6. The molecule has 218 valence electrons. The summed E-state index contributed by atoms with van der Waals surface area (Å²) in [6.07, 6.45) is 2.50. The fraction of sp³-hybridized carbons (Fsp3) is 0.517. The number of hydrogen-bond donors (Lipinski definition) is 0. The maximum Gasteiger partial charge on any atom is 0.260 e. The first-order chi connectivity index (χ1) is 19.4. The fourth-order valence-electron chi connectivity index (χ4n) is 4.68. The first kappa shape index (κ1) is 30.4. The lowest BCUT2D eigenvalue weighted by Crippen LogP contribution is -2.39. The third-order valence-corrected chi connectivity index (χ3v) is 9.98. The Morgan fingerprint density at radius 3 is 2.48 bits per heavy atom. The molecule has 1 aliphatic rings. The molecule has 2 heterocycles. The quantitative estimate of drug-likeness (QED) is 0.265. The molecule has 1 aliphatic heterocycles. The summed E-state index contributed by atoms with van der Waals surface area (Å²) in [5.74, 6) is 0.570. The number of amides is 1. The highest BCUT2D eigenvalue weighted by atomic mass is 32.2. The van der Waals surface area contributed by atoms with Crippen molar-refractivity contribution >= 4 is 42.6 Å². The van der Waals surface area contributed by atoms with Crippen molar-refractivity contribution in [2.24, 2.45) is 0 Å². The van der Waals surface area contributed by atoms with E-state index in [4.69, 9.17) is 14.5 Å². The molecule has 2 aromatic carbocycles. The number of hydrogen-bond acceptors (Lipinski definition) is 8. The van der Waals surface area contributed by atoms with Gasteiger partial charge >= 0.3 is 0 Å². The molecule has 0 bridgehead atoms. The molecule has 11 heteroatoms. The molecule has 1 saturated heterocycles. The normalized spacial score (nSPS) is 14.6. The van der Waals surface area contributed by atoms with Gasteiger partial charge in [0.15, 0.2) is 5.13 Å². The van der Waals surface area contributed by atoms with Gasteiger partial charge in [-0.3, -0.25) is 14.6 Å². The van der Waals surface area contributed by atoms with E-state index in [9.17, 15) is 13.2 Å². The fourth-order valence-corrected chi connectivity index (χ4v) is 7.19. The van der Waals surface area contributed by atoms with E-state index in [-0.39, 0.29) is 10.8 Å². The molecule has 1 amide bonds. The molecule has 4 rings (SSSR count). The van der Waals surface area contributed by atoms with Crippen LogP contribution in [0.25, 0.3) is 10.2 Å². The summed E-state index contributed by atoms with van der Waals surface area (Å²) in [6.45, 7) is 11.9. The Labute approximate surface area is 241 Å². The zero-order chi connectivity index (χ0) is 28.5. The molecule has 0 N–H and O–H groups in total. The monoisotopic (exact) mass is 588 g/mol. The van der Waals surface area contributed by atoms with Crippen molar-refractivity contribution in [2.45, 2.75) is 44.9 Å². The highest BCUT2D eigenvalue weighted by Gasteiger charge is 2.25. The number of carbonyl (C=O) groups is 1. The molecular weight excluding hydrogens is 548 g/mol. The number of aromatic nitrogens is 1. The molecule has 0 atom stereocenters. The number of thiazole rings is 1. The van der Waals surface area contributed by atoms with Gasteiger partial charge in [0.05, 0.1) is 34.9 Å². The van der Waals surface area contributed by atoms with Crippen LogP contribution in [-0.2, 0) is 14.8 Å². The number of rotatable bonds is 14. The number of benzene rings is 2. The van der Waals surface area contributed by atoms with Crippen molar-refractivity contribution in [1.82, 2.24) is 14.2 Å². The summed E-state index contributed by atoms with van der Waals surface area (Å²) in [5.41, 5.74) is 1.24. The van der Waals surface area contributed by atoms with Gasteiger partial charge in [-0.25, -0.2) is 13.4 Å². The Morgan fingerprint density at radius 1 is 1.05 bits per heavy atom. The van der Waals surface area contributed by atoms with Crippen LogP contribution in [0.1, 0.15) is 50.4 Å². The molecule has 1 aromatic heterocycles. The van der Waals surface area contributed by atoms with Gasteiger partial charge in [-0.15, -0.1) is 0 Å². The highest BCUT2D eigenvalue weighted by Crippen LogP contribution is 2.32. The van der Waals surface area contributed by atoms with Crippen LogP contribution in [0.5, 0.6) is 5.75 Å². The number of ether oxygens (including phenoxy) is 2. The molecule has 0 aliphatic carbocycles. The van der Waals surface area contributed by atoms with Gasteiger partial charge in [0, 0.05) is 44.8 Å². The van der Waals surface area contributed by atoms with Gasteiger partial charge < -0.3 is 9.47 Å². The van der Waals surface area contributed by atoms with Gasteiger partial charge in [0.1, 0.15) is 5.75 Å². The van der Waals surface area contributed by atoms with Crippen molar-refractivity contribution in [2.75, 3.05) is 64.0 Å². The second kappa shape index (κ2) is 14.4. The highest BCUT2D eigenvalue weighted by molar-refractivity contribution is 7.89. The largest absolute Gasteiger partial charge is 0.494 e. The van der Waals surface area contributed by atoms with Crippen molar-refractivity contribution in [3.8, 4) is 5.75 Å². The first-order valence-corrected chi connectivity index (χ1v) is 16.4. The molecule has 0 radical (unpaired) electrons. The summed E-state index contributed by atoms with van der Waals surface area (Å²) in [4.78, 5) is 22.9. The predicted molar refractivity (Wildman–Crippen MR) is 160 cm³/mol. The minimum atomic E-state index is -3.62. The number of fused-ring (bicyclic) bond motifs is 1. The van der Waals surface area contributed by atoms with E-state index in [0.29, 0.717) is 36.9 Å². The van der Waals surface area contributed by atoms with E-state index < -0.39 is 10.0 Å². The van der Waals surface area contributed by atoms with Crippen LogP contribution < -0.4 is 9.64 Å². The minimum absolute atomic E-state index is 0.198. The van der Waals surface area contributed by atoms with Crippen LogP contribution in [0, 0.1) is 0 Å². The van der Waals surface area contributed by atoms with Crippen molar-refractivity contribution in [3.63, 3.8) is 0 Å². The summed E-state index contributed by atoms with van der Waals surface area (Å²) in [6, 6.07) is 12.0.